The fourth-order valence-corrected chi connectivity index (χ4v) is 1.66. The second kappa shape index (κ2) is 5.46. The molecule has 18 heavy (non-hydrogen) atoms. The van der Waals surface area contributed by atoms with Crippen LogP contribution in [-0.4, -0.2) is 17.1 Å². The predicted molar refractivity (Wildman–Crippen MR) is 76.4 cm³/mol. The zero-order valence-corrected chi connectivity index (χ0v) is 10.7. The van der Waals surface area contributed by atoms with E-state index in [-0.39, 0.29) is 4.99 Å². The van der Waals surface area contributed by atoms with Gasteiger partial charge in [0.05, 0.1) is 18.5 Å². The Labute approximate surface area is 111 Å². The zero-order chi connectivity index (χ0) is 13.0. The lowest BCUT2D eigenvalue weighted by Crippen LogP contribution is -2.11. The SMILES string of the molecule is COc1ccccc1Nc1ccnc(C(N)=S)c1. The number of methoxy groups -OCH3 is 1. The van der Waals surface area contributed by atoms with E-state index in [1.165, 1.54) is 0 Å². The van der Waals surface area contributed by atoms with Crippen molar-refractivity contribution in [3.05, 3.63) is 48.3 Å². The third kappa shape index (κ3) is 2.75. The van der Waals surface area contributed by atoms with Crippen molar-refractivity contribution in [3.8, 4) is 5.75 Å². The molecular formula is C13H13N3OS. The number of pyridine rings is 1. The molecule has 4 nitrogen and oxygen atoms in total. The molecule has 0 amide bonds. The maximum Gasteiger partial charge on any atom is 0.142 e. The summed E-state index contributed by atoms with van der Waals surface area (Å²) in [5.41, 5.74) is 7.87. The number of rotatable bonds is 4. The molecule has 1 aromatic heterocycles. The Bertz CT molecular complexity index is 572. The highest BCUT2D eigenvalue weighted by Crippen LogP contribution is 2.26. The molecule has 0 saturated heterocycles. The topological polar surface area (TPSA) is 60.2 Å². The maximum absolute atomic E-state index is 5.55. The zero-order valence-electron chi connectivity index (χ0n) is 9.88. The molecule has 92 valence electrons. The summed E-state index contributed by atoms with van der Waals surface area (Å²) in [6.07, 6.45) is 1.66. The molecule has 0 aliphatic rings. The van der Waals surface area contributed by atoms with Gasteiger partial charge in [-0.05, 0) is 24.3 Å². The summed E-state index contributed by atoms with van der Waals surface area (Å²) in [5.74, 6) is 0.770. The van der Waals surface area contributed by atoms with Crippen molar-refractivity contribution in [2.45, 2.75) is 0 Å². The van der Waals surface area contributed by atoms with Crippen LogP contribution in [0.25, 0.3) is 0 Å². The molecule has 5 heteroatoms. The predicted octanol–water partition coefficient (Wildman–Crippen LogP) is 2.47. The van der Waals surface area contributed by atoms with E-state index in [2.05, 4.69) is 10.3 Å². The molecule has 3 N–H and O–H groups in total. The lowest BCUT2D eigenvalue weighted by molar-refractivity contribution is 0.417. The largest absolute Gasteiger partial charge is 0.495 e. The van der Waals surface area contributed by atoms with Crippen LogP contribution in [0.3, 0.4) is 0 Å². The summed E-state index contributed by atoms with van der Waals surface area (Å²) < 4.78 is 5.27. The lowest BCUT2D eigenvalue weighted by atomic mass is 10.2. The van der Waals surface area contributed by atoms with Gasteiger partial charge in [-0.1, -0.05) is 24.4 Å². The maximum atomic E-state index is 5.55. The second-order valence-corrected chi connectivity index (χ2v) is 4.06. The number of hydrogen-bond acceptors (Lipinski definition) is 4. The summed E-state index contributed by atoms with van der Waals surface area (Å²) in [5, 5.41) is 3.24. The first-order chi connectivity index (χ1) is 8.70. The Morgan fingerprint density at radius 3 is 2.83 bits per heavy atom. The Morgan fingerprint density at radius 1 is 1.33 bits per heavy atom. The fourth-order valence-electron chi connectivity index (χ4n) is 1.55. The first-order valence-corrected chi connectivity index (χ1v) is 5.77. The van der Waals surface area contributed by atoms with E-state index >= 15 is 0 Å². The number of para-hydroxylation sites is 2. The molecular weight excluding hydrogens is 246 g/mol. The number of anilines is 2. The Hall–Kier alpha value is -2.14. The summed E-state index contributed by atoms with van der Waals surface area (Å²) >= 11 is 4.90. The van der Waals surface area contributed by atoms with Gasteiger partial charge >= 0.3 is 0 Å². The van der Waals surface area contributed by atoms with Gasteiger partial charge in [-0.2, -0.15) is 0 Å². The van der Waals surface area contributed by atoms with Crippen molar-refractivity contribution in [1.82, 2.24) is 4.98 Å². The minimum Gasteiger partial charge on any atom is -0.495 e. The molecule has 1 heterocycles. The minimum absolute atomic E-state index is 0.277. The molecule has 0 atom stereocenters. The molecule has 0 spiro atoms. The van der Waals surface area contributed by atoms with Crippen molar-refractivity contribution in [1.29, 1.82) is 0 Å². The van der Waals surface area contributed by atoms with E-state index in [0.717, 1.165) is 17.1 Å². The third-order valence-corrected chi connectivity index (χ3v) is 2.61. The average Bonchev–Trinajstić information content (AvgIpc) is 2.39. The molecule has 0 fully saturated rings. The first kappa shape index (κ1) is 12.3. The van der Waals surface area contributed by atoms with Crippen molar-refractivity contribution in [2.24, 2.45) is 5.73 Å². The van der Waals surface area contributed by atoms with Crippen LogP contribution in [0.15, 0.2) is 42.6 Å². The van der Waals surface area contributed by atoms with E-state index in [4.69, 9.17) is 22.7 Å². The van der Waals surface area contributed by atoms with E-state index in [0.29, 0.717) is 5.69 Å². The van der Waals surface area contributed by atoms with Gasteiger partial charge in [-0.25, -0.2) is 0 Å². The standard InChI is InChI=1S/C13H13N3OS/c1-17-12-5-3-2-4-10(12)16-9-6-7-15-11(8-9)13(14)18/h2-8H,1H3,(H2,14,18)(H,15,16). The molecule has 0 aliphatic carbocycles. The molecule has 2 rings (SSSR count). The van der Waals surface area contributed by atoms with Gasteiger partial charge < -0.3 is 15.8 Å². The van der Waals surface area contributed by atoms with Crippen LogP contribution in [0.2, 0.25) is 0 Å². The summed E-state index contributed by atoms with van der Waals surface area (Å²) in [7, 11) is 1.63. The molecule has 1 aromatic carbocycles. The number of benzene rings is 1. The van der Waals surface area contributed by atoms with Crippen LogP contribution in [0, 0.1) is 0 Å². The number of ether oxygens (including phenoxy) is 1. The molecule has 0 radical (unpaired) electrons. The number of nitrogens with two attached hydrogens (primary N) is 1. The Morgan fingerprint density at radius 2 is 2.11 bits per heavy atom. The van der Waals surface area contributed by atoms with Gasteiger partial charge in [-0.3, -0.25) is 4.98 Å². The number of thiocarbonyl (C=S) groups is 1. The van der Waals surface area contributed by atoms with Gasteiger partial charge in [0.1, 0.15) is 10.7 Å². The van der Waals surface area contributed by atoms with Gasteiger partial charge in [0.25, 0.3) is 0 Å². The second-order valence-electron chi connectivity index (χ2n) is 3.62. The van der Waals surface area contributed by atoms with Crippen molar-refractivity contribution in [2.75, 3.05) is 12.4 Å². The molecule has 0 saturated carbocycles. The fraction of sp³-hybridized carbons (Fsp3) is 0.0769. The highest BCUT2D eigenvalue weighted by molar-refractivity contribution is 7.80. The Balaban J connectivity index is 2.28. The molecule has 2 aromatic rings. The van der Waals surface area contributed by atoms with Crippen LogP contribution < -0.4 is 15.8 Å². The Kier molecular flexibility index (Phi) is 3.74. The average molecular weight is 259 g/mol. The highest BCUT2D eigenvalue weighted by atomic mass is 32.1. The smallest absolute Gasteiger partial charge is 0.142 e. The van der Waals surface area contributed by atoms with E-state index in [9.17, 15) is 0 Å². The molecule has 0 bridgehead atoms. The number of nitrogens with zero attached hydrogens (tertiary/aromatic N) is 1. The summed E-state index contributed by atoms with van der Waals surface area (Å²) in [6, 6.07) is 11.3. The normalized spacial score (nSPS) is 9.83. The van der Waals surface area contributed by atoms with E-state index in [1.54, 1.807) is 19.4 Å². The minimum atomic E-state index is 0.277. The molecule has 0 aliphatic heterocycles. The van der Waals surface area contributed by atoms with Gasteiger partial charge in [0, 0.05) is 11.9 Å². The number of hydrogen-bond donors (Lipinski definition) is 2. The van der Waals surface area contributed by atoms with Crippen molar-refractivity contribution < 1.29 is 4.74 Å². The first-order valence-electron chi connectivity index (χ1n) is 5.36. The number of nitrogens with one attached hydrogen (secondary N) is 1. The quantitative estimate of drug-likeness (QED) is 0.826. The van der Waals surface area contributed by atoms with Crippen molar-refractivity contribution >= 4 is 28.6 Å². The van der Waals surface area contributed by atoms with Crippen LogP contribution in [0.4, 0.5) is 11.4 Å². The van der Waals surface area contributed by atoms with Crippen LogP contribution >= 0.6 is 12.2 Å². The summed E-state index contributed by atoms with van der Waals surface area (Å²) in [4.78, 5) is 4.36. The van der Waals surface area contributed by atoms with E-state index in [1.807, 2.05) is 30.3 Å². The van der Waals surface area contributed by atoms with Gasteiger partial charge in [0.2, 0.25) is 0 Å². The van der Waals surface area contributed by atoms with E-state index < -0.39 is 0 Å². The van der Waals surface area contributed by atoms with Gasteiger partial charge in [0.15, 0.2) is 0 Å². The van der Waals surface area contributed by atoms with Gasteiger partial charge in [-0.15, -0.1) is 0 Å². The van der Waals surface area contributed by atoms with Crippen LogP contribution in [0.1, 0.15) is 5.69 Å². The lowest BCUT2D eigenvalue weighted by Gasteiger charge is -2.11. The van der Waals surface area contributed by atoms with Crippen LogP contribution in [0.5, 0.6) is 5.75 Å². The summed E-state index contributed by atoms with van der Waals surface area (Å²) in [6.45, 7) is 0. The third-order valence-electron chi connectivity index (χ3n) is 2.40. The number of aromatic nitrogens is 1. The highest BCUT2D eigenvalue weighted by Gasteiger charge is 2.03. The van der Waals surface area contributed by atoms with Crippen molar-refractivity contribution in [3.63, 3.8) is 0 Å². The van der Waals surface area contributed by atoms with Crippen LogP contribution in [-0.2, 0) is 0 Å². The molecule has 0 unspecified atom stereocenters. The monoisotopic (exact) mass is 259 g/mol.